The summed E-state index contributed by atoms with van der Waals surface area (Å²) in [5.74, 6) is 0. The van der Waals surface area contributed by atoms with Crippen LogP contribution in [-0.2, 0) is 0 Å². The number of anilines is 1. The molecule has 0 unspecified atom stereocenters. The number of nitro benzene ring substituents is 1. The Morgan fingerprint density at radius 3 is 2.40 bits per heavy atom. The van der Waals surface area contributed by atoms with E-state index in [0.717, 1.165) is 12.8 Å². The first kappa shape index (κ1) is 13.4. The molecule has 0 bridgehead atoms. The lowest BCUT2D eigenvalue weighted by atomic mass is 9.71. The van der Waals surface area contributed by atoms with E-state index >= 15 is 0 Å². The van der Waals surface area contributed by atoms with Gasteiger partial charge < -0.3 is 5.32 Å². The van der Waals surface area contributed by atoms with Crippen molar-refractivity contribution >= 4 is 11.4 Å². The molecule has 3 rings (SSSR count). The molecular formula is C16H22N2O2. The third-order valence-electron chi connectivity index (χ3n) is 5.17. The zero-order valence-corrected chi connectivity index (χ0v) is 11.8. The van der Waals surface area contributed by atoms with Gasteiger partial charge in [0.15, 0.2) is 0 Å². The first-order valence-corrected chi connectivity index (χ1v) is 7.69. The number of benzene rings is 1. The molecule has 1 spiro atoms. The summed E-state index contributed by atoms with van der Waals surface area (Å²) in [6.07, 6.45) is 10.4. The molecule has 4 nitrogen and oxygen atoms in total. The van der Waals surface area contributed by atoms with E-state index in [-0.39, 0.29) is 10.6 Å². The number of hydrogen-bond donors (Lipinski definition) is 1. The van der Waals surface area contributed by atoms with Crippen LogP contribution in [0.5, 0.6) is 0 Å². The Kier molecular flexibility index (Phi) is 3.64. The van der Waals surface area contributed by atoms with Crippen LogP contribution in [0, 0.1) is 15.5 Å². The van der Waals surface area contributed by atoms with Gasteiger partial charge in [0, 0.05) is 12.1 Å². The minimum Gasteiger partial charge on any atom is -0.377 e. The van der Waals surface area contributed by atoms with Gasteiger partial charge in [-0.2, -0.15) is 0 Å². The highest BCUT2D eigenvalue weighted by Gasteiger charge is 2.37. The van der Waals surface area contributed by atoms with Crippen LogP contribution in [0.4, 0.5) is 11.4 Å². The van der Waals surface area contributed by atoms with Crippen molar-refractivity contribution in [1.29, 1.82) is 0 Å². The van der Waals surface area contributed by atoms with Crippen molar-refractivity contribution in [2.75, 3.05) is 5.32 Å². The monoisotopic (exact) mass is 274 g/mol. The third kappa shape index (κ3) is 2.65. The summed E-state index contributed by atoms with van der Waals surface area (Å²) in [5.41, 5.74) is 1.47. The van der Waals surface area contributed by atoms with Crippen LogP contribution < -0.4 is 5.32 Å². The van der Waals surface area contributed by atoms with Crippen molar-refractivity contribution in [3.05, 3.63) is 34.4 Å². The van der Waals surface area contributed by atoms with Crippen LogP contribution >= 0.6 is 0 Å². The Labute approximate surface area is 119 Å². The topological polar surface area (TPSA) is 55.2 Å². The van der Waals surface area contributed by atoms with Gasteiger partial charge in [-0.1, -0.05) is 25.0 Å². The van der Waals surface area contributed by atoms with Gasteiger partial charge in [0.1, 0.15) is 5.69 Å². The molecule has 20 heavy (non-hydrogen) atoms. The SMILES string of the molecule is O=[N+]([O-])c1ccccc1NC1CCC2(CCCC2)CC1. The predicted octanol–water partition coefficient (Wildman–Crippen LogP) is 4.51. The Bertz CT molecular complexity index is 485. The quantitative estimate of drug-likeness (QED) is 0.651. The second-order valence-electron chi connectivity index (χ2n) is 6.40. The fourth-order valence-corrected chi connectivity index (χ4v) is 3.97. The zero-order chi connectivity index (χ0) is 14.0. The van der Waals surface area contributed by atoms with Gasteiger partial charge in [-0.05, 0) is 50.0 Å². The highest BCUT2D eigenvalue weighted by Crippen LogP contribution is 2.49. The van der Waals surface area contributed by atoms with E-state index in [1.54, 1.807) is 12.1 Å². The van der Waals surface area contributed by atoms with Crippen molar-refractivity contribution in [3.8, 4) is 0 Å². The molecule has 0 amide bonds. The smallest absolute Gasteiger partial charge is 0.292 e. The van der Waals surface area contributed by atoms with E-state index in [4.69, 9.17) is 0 Å². The molecule has 0 saturated heterocycles. The molecule has 2 aliphatic carbocycles. The van der Waals surface area contributed by atoms with Crippen LogP contribution in [0.25, 0.3) is 0 Å². The number of hydrogen-bond acceptors (Lipinski definition) is 3. The van der Waals surface area contributed by atoms with Crippen LogP contribution in [-0.4, -0.2) is 11.0 Å². The maximum absolute atomic E-state index is 11.0. The van der Waals surface area contributed by atoms with Crippen LogP contribution in [0.15, 0.2) is 24.3 Å². The van der Waals surface area contributed by atoms with E-state index in [9.17, 15) is 10.1 Å². The number of nitrogens with one attached hydrogen (secondary N) is 1. The van der Waals surface area contributed by atoms with E-state index in [0.29, 0.717) is 17.1 Å². The molecule has 1 N–H and O–H groups in total. The molecule has 2 saturated carbocycles. The lowest BCUT2D eigenvalue weighted by molar-refractivity contribution is -0.384. The molecule has 2 fully saturated rings. The van der Waals surface area contributed by atoms with Crippen molar-refractivity contribution in [3.63, 3.8) is 0 Å². The molecule has 0 atom stereocenters. The molecule has 1 aromatic rings. The third-order valence-corrected chi connectivity index (χ3v) is 5.17. The number of nitro groups is 1. The molecule has 4 heteroatoms. The molecule has 1 aromatic carbocycles. The van der Waals surface area contributed by atoms with Gasteiger partial charge in [0.2, 0.25) is 0 Å². The first-order chi connectivity index (χ1) is 9.69. The Morgan fingerprint density at radius 1 is 1.10 bits per heavy atom. The van der Waals surface area contributed by atoms with Crippen molar-refractivity contribution in [2.24, 2.45) is 5.41 Å². The van der Waals surface area contributed by atoms with Gasteiger partial charge in [0.25, 0.3) is 5.69 Å². The van der Waals surface area contributed by atoms with Crippen LogP contribution in [0.2, 0.25) is 0 Å². The maximum atomic E-state index is 11.0. The Hall–Kier alpha value is -1.58. The molecule has 0 radical (unpaired) electrons. The van der Waals surface area contributed by atoms with E-state index in [1.165, 1.54) is 38.5 Å². The Morgan fingerprint density at radius 2 is 1.75 bits per heavy atom. The second-order valence-corrected chi connectivity index (χ2v) is 6.40. The van der Waals surface area contributed by atoms with E-state index in [1.807, 2.05) is 12.1 Å². The molecular weight excluding hydrogens is 252 g/mol. The average molecular weight is 274 g/mol. The summed E-state index contributed by atoms with van der Waals surface area (Å²) in [6, 6.07) is 7.36. The summed E-state index contributed by atoms with van der Waals surface area (Å²) in [5, 5.41) is 14.4. The largest absolute Gasteiger partial charge is 0.377 e. The Balaban J connectivity index is 1.64. The second kappa shape index (κ2) is 5.43. The van der Waals surface area contributed by atoms with Crippen LogP contribution in [0.1, 0.15) is 51.4 Å². The fraction of sp³-hybridized carbons (Fsp3) is 0.625. The highest BCUT2D eigenvalue weighted by atomic mass is 16.6. The molecule has 2 aliphatic rings. The summed E-state index contributed by atoms with van der Waals surface area (Å²) < 4.78 is 0. The summed E-state index contributed by atoms with van der Waals surface area (Å²) in [4.78, 5) is 10.7. The lowest BCUT2D eigenvalue weighted by Gasteiger charge is -2.37. The van der Waals surface area contributed by atoms with Gasteiger partial charge in [0.05, 0.1) is 4.92 Å². The van der Waals surface area contributed by atoms with Crippen LogP contribution in [0.3, 0.4) is 0 Å². The minimum absolute atomic E-state index is 0.189. The average Bonchev–Trinajstić information content (AvgIpc) is 2.90. The van der Waals surface area contributed by atoms with Gasteiger partial charge in [-0.15, -0.1) is 0 Å². The standard InChI is InChI=1S/C16H22N2O2/c19-18(20)15-6-2-1-5-14(15)17-13-7-11-16(12-8-13)9-3-4-10-16/h1-2,5-6,13,17H,3-4,7-12H2. The number of rotatable bonds is 3. The van der Waals surface area contributed by atoms with Gasteiger partial charge >= 0.3 is 0 Å². The molecule has 108 valence electrons. The van der Waals surface area contributed by atoms with Crippen molar-refractivity contribution in [2.45, 2.75) is 57.4 Å². The number of para-hydroxylation sites is 2. The first-order valence-electron chi connectivity index (χ1n) is 7.69. The predicted molar refractivity (Wildman–Crippen MR) is 79.9 cm³/mol. The minimum atomic E-state index is -0.302. The zero-order valence-electron chi connectivity index (χ0n) is 11.8. The summed E-state index contributed by atoms with van der Waals surface area (Å²) in [6.45, 7) is 0. The maximum Gasteiger partial charge on any atom is 0.292 e. The summed E-state index contributed by atoms with van der Waals surface area (Å²) >= 11 is 0. The summed E-state index contributed by atoms with van der Waals surface area (Å²) in [7, 11) is 0. The van der Waals surface area contributed by atoms with E-state index in [2.05, 4.69) is 5.32 Å². The lowest BCUT2D eigenvalue weighted by Crippen LogP contribution is -2.31. The molecule has 0 heterocycles. The van der Waals surface area contributed by atoms with E-state index < -0.39 is 0 Å². The van der Waals surface area contributed by atoms with Crippen molar-refractivity contribution in [1.82, 2.24) is 0 Å². The van der Waals surface area contributed by atoms with Gasteiger partial charge in [-0.25, -0.2) is 0 Å². The number of nitrogens with zero attached hydrogens (tertiary/aromatic N) is 1. The van der Waals surface area contributed by atoms with Crippen molar-refractivity contribution < 1.29 is 4.92 Å². The molecule has 0 aromatic heterocycles. The van der Waals surface area contributed by atoms with Gasteiger partial charge in [-0.3, -0.25) is 10.1 Å². The molecule has 0 aliphatic heterocycles. The highest BCUT2D eigenvalue weighted by molar-refractivity contribution is 5.61. The normalized spacial score (nSPS) is 22.0. The fourth-order valence-electron chi connectivity index (χ4n) is 3.97.